The Kier molecular flexibility index (Phi) is 5.10. The van der Waals surface area contributed by atoms with Gasteiger partial charge in [0.1, 0.15) is 6.04 Å². The van der Waals surface area contributed by atoms with Crippen molar-refractivity contribution in [2.45, 2.75) is 38.1 Å². The van der Waals surface area contributed by atoms with Gasteiger partial charge in [-0.2, -0.15) is 0 Å². The van der Waals surface area contributed by atoms with Crippen LogP contribution in [0.25, 0.3) is 0 Å². The first-order valence-electron chi connectivity index (χ1n) is 12.4. The molecule has 3 amide bonds. The van der Waals surface area contributed by atoms with E-state index in [-0.39, 0.29) is 35.5 Å². The smallest absolute Gasteiger partial charge is 0.246 e. The molecule has 6 nitrogen and oxygen atoms in total. The molecule has 176 valence electrons. The summed E-state index contributed by atoms with van der Waals surface area (Å²) in [6.07, 6.45) is 0.475. The maximum Gasteiger partial charge on any atom is 0.246 e. The van der Waals surface area contributed by atoms with Crippen LogP contribution in [0.3, 0.4) is 0 Å². The van der Waals surface area contributed by atoms with Crippen molar-refractivity contribution in [1.29, 1.82) is 0 Å². The van der Waals surface area contributed by atoms with Crippen LogP contribution in [0, 0.1) is 17.8 Å². The summed E-state index contributed by atoms with van der Waals surface area (Å²) < 4.78 is 5.42. The zero-order chi connectivity index (χ0) is 23.6. The molecular weight excluding hydrogens is 428 g/mol. The number of rotatable bonds is 4. The first-order valence-corrected chi connectivity index (χ1v) is 12.4. The fraction of sp³-hybridized carbons (Fsp3) is 0.464. The second-order valence-electron chi connectivity index (χ2n) is 10.4. The highest BCUT2D eigenvalue weighted by Crippen LogP contribution is 2.61. The van der Waals surface area contributed by atoms with E-state index in [4.69, 9.17) is 4.74 Å². The topological polar surface area (TPSA) is 66.9 Å². The van der Waals surface area contributed by atoms with Gasteiger partial charge in [0.2, 0.25) is 17.7 Å². The Labute approximate surface area is 199 Å². The Hall–Kier alpha value is -2.99. The van der Waals surface area contributed by atoms with Gasteiger partial charge in [-0.1, -0.05) is 62.4 Å². The summed E-state index contributed by atoms with van der Waals surface area (Å²) >= 11 is 0. The number of hydrogen-bond donors (Lipinski definition) is 0. The number of imide groups is 1. The van der Waals surface area contributed by atoms with Crippen LogP contribution in [0.5, 0.6) is 0 Å². The minimum Gasteiger partial charge on any atom is -0.378 e. The number of nitrogens with zero attached hydrogens (tertiary/aromatic N) is 2. The highest BCUT2D eigenvalue weighted by molar-refractivity contribution is 6.10. The Balaban J connectivity index is 1.44. The molecule has 0 saturated carbocycles. The zero-order valence-corrected chi connectivity index (χ0v) is 19.6. The van der Waals surface area contributed by atoms with Crippen LogP contribution in [0.15, 0.2) is 48.5 Å². The van der Waals surface area contributed by atoms with Gasteiger partial charge >= 0.3 is 0 Å². The van der Waals surface area contributed by atoms with Crippen LogP contribution < -0.4 is 0 Å². The van der Waals surface area contributed by atoms with Crippen LogP contribution in [-0.4, -0.2) is 59.9 Å². The van der Waals surface area contributed by atoms with Crippen molar-refractivity contribution >= 4 is 17.7 Å². The number of ether oxygens (including phenoxy) is 1. The van der Waals surface area contributed by atoms with Crippen LogP contribution in [0.2, 0.25) is 0 Å². The Morgan fingerprint density at radius 3 is 1.71 bits per heavy atom. The molecule has 0 aromatic heterocycles. The molecule has 6 heteroatoms. The molecule has 2 aliphatic heterocycles. The Morgan fingerprint density at radius 1 is 0.853 bits per heavy atom. The van der Waals surface area contributed by atoms with E-state index in [9.17, 15) is 14.4 Å². The molecule has 0 radical (unpaired) electrons. The molecule has 2 heterocycles. The molecule has 0 spiro atoms. The summed E-state index contributed by atoms with van der Waals surface area (Å²) in [5, 5.41) is 0. The van der Waals surface area contributed by atoms with Gasteiger partial charge in [0, 0.05) is 24.9 Å². The minimum atomic E-state index is -0.755. The van der Waals surface area contributed by atoms with Gasteiger partial charge in [-0.05, 0) is 34.6 Å². The average molecular weight is 459 g/mol. The van der Waals surface area contributed by atoms with Gasteiger partial charge in [0.05, 0.1) is 25.0 Å². The molecule has 34 heavy (non-hydrogen) atoms. The van der Waals surface area contributed by atoms with E-state index in [1.165, 1.54) is 4.90 Å². The normalized spacial score (nSPS) is 28.1. The molecule has 0 N–H and O–H groups in total. The van der Waals surface area contributed by atoms with Gasteiger partial charge < -0.3 is 9.64 Å². The average Bonchev–Trinajstić information content (AvgIpc) is 3.13. The fourth-order valence-corrected chi connectivity index (χ4v) is 6.77. The van der Waals surface area contributed by atoms with Crippen LogP contribution in [0.4, 0.5) is 0 Å². The van der Waals surface area contributed by atoms with Gasteiger partial charge in [0.25, 0.3) is 0 Å². The monoisotopic (exact) mass is 458 g/mol. The quantitative estimate of drug-likeness (QED) is 0.661. The highest BCUT2D eigenvalue weighted by Gasteiger charge is 2.63. The molecule has 2 saturated heterocycles. The van der Waals surface area contributed by atoms with Crippen molar-refractivity contribution in [3.63, 3.8) is 0 Å². The number of carbonyl (C=O) groups is 3. The Morgan fingerprint density at radius 2 is 1.29 bits per heavy atom. The lowest BCUT2D eigenvalue weighted by Gasteiger charge is -2.45. The number of morpholine rings is 1. The number of benzene rings is 2. The predicted molar refractivity (Wildman–Crippen MR) is 126 cm³/mol. The third-order valence-electron chi connectivity index (χ3n) is 8.10. The first-order chi connectivity index (χ1) is 16.5. The highest BCUT2D eigenvalue weighted by atomic mass is 16.5. The van der Waals surface area contributed by atoms with Crippen molar-refractivity contribution in [2.75, 3.05) is 26.3 Å². The molecule has 5 aliphatic rings. The van der Waals surface area contributed by atoms with Crippen LogP contribution in [0.1, 0.15) is 54.4 Å². The number of carbonyl (C=O) groups excluding carboxylic acids is 3. The van der Waals surface area contributed by atoms with Gasteiger partial charge in [-0.3, -0.25) is 19.3 Å². The van der Waals surface area contributed by atoms with Crippen LogP contribution in [-0.2, 0) is 19.1 Å². The standard InChI is InChI=1S/C28H30N2O4/c1-16(2)15-21(26(31)29-11-13-34-14-12-29)30-27(32)24-22-17-7-3-4-8-18(17)23(25(24)28(30)33)20-10-6-5-9-19(20)22/h3-10,16,21-25H,11-15H2,1-2H3/t21-,22?,23?,24-,25-/m0/s1. The van der Waals surface area contributed by atoms with E-state index < -0.39 is 17.9 Å². The van der Waals surface area contributed by atoms with Gasteiger partial charge in [-0.25, -0.2) is 0 Å². The van der Waals surface area contributed by atoms with E-state index in [0.29, 0.717) is 32.7 Å². The number of amides is 3. The second-order valence-corrected chi connectivity index (χ2v) is 10.4. The van der Waals surface area contributed by atoms with Gasteiger partial charge in [0.15, 0.2) is 0 Å². The number of likely N-dealkylation sites (tertiary alicyclic amines) is 1. The van der Waals surface area contributed by atoms with Crippen molar-refractivity contribution in [2.24, 2.45) is 17.8 Å². The third-order valence-corrected chi connectivity index (χ3v) is 8.10. The summed E-state index contributed by atoms with van der Waals surface area (Å²) in [6, 6.07) is 15.7. The molecular formula is C28H30N2O4. The zero-order valence-electron chi connectivity index (χ0n) is 19.6. The lowest BCUT2D eigenvalue weighted by molar-refractivity contribution is -0.154. The number of hydrogen-bond acceptors (Lipinski definition) is 4. The minimum absolute atomic E-state index is 0.125. The van der Waals surface area contributed by atoms with Gasteiger partial charge in [-0.15, -0.1) is 0 Å². The van der Waals surface area contributed by atoms with Crippen LogP contribution >= 0.6 is 0 Å². The molecule has 7 rings (SSSR count). The Bertz CT molecular complexity index is 1050. The molecule has 2 aromatic carbocycles. The molecule has 2 aromatic rings. The van der Waals surface area contributed by atoms with E-state index in [1.54, 1.807) is 4.90 Å². The molecule has 0 unspecified atom stereocenters. The van der Waals surface area contributed by atoms with Crippen molar-refractivity contribution in [1.82, 2.24) is 9.80 Å². The predicted octanol–water partition coefficient (Wildman–Crippen LogP) is 3.15. The molecule has 2 bridgehead atoms. The largest absolute Gasteiger partial charge is 0.378 e. The third kappa shape index (κ3) is 3.01. The molecule has 3 atom stereocenters. The second kappa shape index (κ2) is 8.05. The van der Waals surface area contributed by atoms with E-state index >= 15 is 0 Å². The summed E-state index contributed by atoms with van der Waals surface area (Å²) in [6.45, 7) is 6.04. The van der Waals surface area contributed by atoms with E-state index in [1.807, 2.05) is 38.1 Å². The SMILES string of the molecule is CC(C)C[C@@H](C(=O)N1CCOCC1)N1C(=O)[C@H]2C3c4ccccc4C(c4ccccc43)[C@@H]2C1=O. The van der Waals surface area contributed by atoms with Crippen molar-refractivity contribution in [3.8, 4) is 0 Å². The summed E-state index contributed by atoms with van der Waals surface area (Å²) in [4.78, 5) is 44.9. The maximum atomic E-state index is 14.1. The molecule has 2 fully saturated rings. The molecule has 3 aliphatic carbocycles. The lowest BCUT2D eigenvalue weighted by atomic mass is 9.55. The first kappa shape index (κ1) is 21.5. The van der Waals surface area contributed by atoms with E-state index in [0.717, 1.165) is 22.3 Å². The maximum absolute atomic E-state index is 14.1. The summed E-state index contributed by atoms with van der Waals surface area (Å²) in [5.41, 5.74) is 4.59. The van der Waals surface area contributed by atoms with Crippen molar-refractivity contribution in [3.05, 3.63) is 70.8 Å². The van der Waals surface area contributed by atoms with E-state index in [2.05, 4.69) is 24.3 Å². The summed E-state index contributed by atoms with van der Waals surface area (Å²) in [5.74, 6) is -1.51. The summed E-state index contributed by atoms with van der Waals surface area (Å²) in [7, 11) is 0. The van der Waals surface area contributed by atoms with Crippen molar-refractivity contribution < 1.29 is 19.1 Å². The fourth-order valence-electron chi connectivity index (χ4n) is 6.77. The lowest BCUT2D eigenvalue weighted by Crippen LogP contribution is -2.54.